The van der Waals surface area contributed by atoms with Crippen molar-refractivity contribution in [2.45, 2.75) is 32.7 Å². The summed E-state index contributed by atoms with van der Waals surface area (Å²) in [6, 6.07) is 6.01. The molecule has 1 aromatic carbocycles. The number of aryl methyl sites for hydroxylation is 1. The van der Waals surface area contributed by atoms with Crippen molar-refractivity contribution in [1.82, 2.24) is 15.1 Å². The molecule has 29 heavy (non-hydrogen) atoms. The number of fused-ring (bicyclic) bond motifs is 1. The van der Waals surface area contributed by atoms with Crippen molar-refractivity contribution in [3.8, 4) is 0 Å². The van der Waals surface area contributed by atoms with Crippen molar-refractivity contribution in [1.29, 1.82) is 0 Å². The quantitative estimate of drug-likeness (QED) is 0.646. The minimum absolute atomic E-state index is 0.136. The van der Waals surface area contributed by atoms with Crippen molar-refractivity contribution in [3.05, 3.63) is 40.3 Å². The molecule has 0 unspecified atom stereocenters. The third-order valence-corrected chi connectivity index (χ3v) is 4.69. The Bertz CT molecular complexity index is 968. The molecule has 0 bridgehead atoms. The van der Waals surface area contributed by atoms with Crippen molar-refractivity contribution < 1.29 is 23.9 Å². The van der Waals surface area contributed by atoms with Gasteiger partial charge in [0.2, 0.25) is 0 Å². The number of rotatable bonds is 8. The smallest absolute Gasteiger partial charge is 0.328 e. The molecule has 0 aliphatic heterocycles. The van der Waals surface area contributed by atoms with Crippen molar-refractivity contribution >= 4 is 28.6 Å². The van der Waals surface area contributed by atoms with Crippen LogP contribution in [0.25, 0.3) is 10.8 Å². The Kier molecular flexibility index (Phi) is 7.46. The maximum Gasteiger partial charge on any atom is 0.328 e. The molecule has 9 heteroatoms. The number of amides is 1. The highest BCUT2D eigenvalue weighted by Gasteiger charge is 2.27. The predicted octanol–water partition coefficient (Wildman–Crippen LogP) is 0.723. The molecule has 9 nitrogen and oxygen atoms in total. The summed E-state index contributed by atoms with van der Waals surface area (Å²) in [4.78, 5) is 48.3. The lowest BCUT2D eigenvalue weighted by molar-refractivity contribution is -0.150. The Morgan fingerprint density at radius 3 is 2.48 bits per heavy atom. The fourth-order valence-corrected chi connectivity index (χ4v) is 2.85. The van der Waals surface area contributed by atoms with Gasteiger partial charge in [-0.15, -0.1) is 0 Å². The highest BCUT2D eigenvalue weighted by molar-refractivity contribution is 5.89. The summed E-state index contributed by atoms with van der Waals surface area (Å²) in [5.74, 6) is -1.97. The van der Waals surface area contributed by atoms with Crippen LogP contribution >= 0.6 is 0 Å². The van der Waals surface area contributed by atoms with E-state index in [9.17, 15) is 19.2 Å². The third-order valence-electron chi connectivity index (χ3n) is 4.69. The van der Waals surface area contributed by atoms with Crippen LogP contribution in [0.1, 0.15) is 26.0 Å². The Morgan fingerprint density at radius 2 is 1.86 bits per heavy atom. The van der Waals surface area contributed by atoms with E-state index in [1.54, 1.807) is 24.3 Å². The molecule has 0 aliphatic rings. The lowest BCUT2D eigenvalue weighted by Crippen LogP contribution is -2.47. The van der Waals surface area contributed by atoms with E-state index in [-0.39, 0.29) is 17.9 Å². The average molecular weight is 403 g/mol. The maximum absolute atomic E-state index is 12.2. The summed E-state index contributed by atoms with van der Waals surface area (Å²) in [6.07, 6.45) is 0.457. The number of nitrogens with one attached hydrogen (secondary N) is 1. The number of carbonyl (C=O) groups excluding carboxylic acids is 3. The molecule has 2 atom stereocenters. The summed E-state index contributed by atoms with van der Waals surface area (Å²) in [5.41, 5.74) is 0.108. The first kappa shape index (κ1) is 22.1. The second kappa shape index (κ2) is 9.81. The second-order valence-electron chi connectivity index (χ2n) is 6.71. The van der Waals surface area contributed by atoms with E-state index < -0.39 is 30.5 Å². The van der Waals surface area contributed by atoms with E-state index in [2.05, 4.69) is 10.4 Å². The van der Waals surface area contributed by atoms with Crippen LogP contribution in [0.5, 0.6) is 0 Å². The van der Waals surface area contributed by atoms with Gasteiger partial charge in [-0.25, -0.2) is 9.48 Å². The molecule has 1 aromatic heterocycles. The Morgan fingerprint density at radius 1 is 1.21 bits per heavy atom. The normalized spacial score (nSPS) is 12.8. The first-order valence-corrected chi connectivity index (χ1v) is 9.26. The van der Waals surface area contributed by atoms with Crippen LogP contribution in [0.3, 0.4) is 0 Å². The van der Waals surface area contributed by atoms with Crippen LogP contribution in [0, 0.1) is 5.92 Å². The number of ether oxygens (including phenoxy) is 2. The van der Waals surface area contributed by atoms with Crippen molar-refractivity contribution in [2.75, 3.05) is 13.7 Å². The number of esters is 2. The van der Waals surface area contributed by atoms with E-state index in [4.69, 9.17) is 9.47 Å². The average Bonchev–Trinajstić information content (AvgIpc) is 2.73. The van der Waals surface area contributed by atoms with E-state index in [1.165, 1.54) is 14.2 Å². The molecule has 2 aromatic rings. The fraction of sp³-hybridized carbons (Fsp3) is 0.450. The van der Waals surface area contributed by atoms with Gasteiger partial charge < -0.3 is 14.8 Å². The number of nitrogens with zero attached hydrogens (tertiary/aromatic N) is 2. The van der Waals surface area contributed by atoms with Crippen LogP contribution in [0.4, 0.5) is 0 Å². The Balaban J connectivity index is 2.02. The van der Waals surface area contributed by atoms with Gasteiger partial charge in [-0.05, 0) is 12.0 Å². The van der Waals surface area contributed by atoms with Gasteiger partial charge in [0.15, 0.2) is 6.61 Å². The molecule has 0 aliphatic carbocycles. The maximum atomic E-state index is 12.2. The summed E-state index contributed by atoms with van der Waals surface area (Å²) in [6.45, 7) is 3.16. The number of carbonyl (C=O) groups is 3. The zero-order valence-electron chi connectivity index (χ0n) is 16.9. The van der Waals surface area contributed by atoms with Gasteiger partial charge in [-0.3, -0.25) is 14.4 Å². The fourth-order valence-electron chi connectivity index (χ4n) is 2.85. The second-order valence-corrected chi connectivity index (χ2v) is 6.71. The lowest BCUT2D eigenvalue weighted by atomic mass is 9.99. The zero-order chi connectivity index (χ0) is 21.6. The monoisotopic (exact) mass is 403 g/mol. The SMILES string of the molecule is CC[C@@H](C)[C@H](NC(=O)COC(=O)Cc1nn(C)c(=O)c2ccccc12)C(=O)OC. The van der Waals surface area contributed by atoms with Gasteiger partial charge in [-0.1, -0.05) is 38.5 Å². The van der Waals surface area contributed by atoms with Crippen molar-refractivity contribution in [3.63, 3.8) is 0 Å². The molecule has 2 rings (SSSR count). The highest BCUT2D eigenvalue weighted by atomic mass is 16.5. The number of hydrogen-bond acceptors (Lipinski definition) is 7. The molecular weight excluding hydrogens is 378 g/mol. The standard InChI is InChI=1S/C20H25N3O6/c1-5-12(2)18(20(27)28-4)21-16(24)11-29-17(25)10-15-13-8-6-7-9-14(13)19(26)23(3)22-15/h6-9,12,18H,5,10-11H2,1-4H3,(H,21,24)/t12-,18+/m1/s1. The van der Waals surface area contributed by atoms with Gasteiger partial charge >= 0.3 is 11.9 Å². The van der Waals surface area contributed by atoms with Crippen LogP contribution in [0.15, 0.2) is 29.1 Å². The largest absolute Gasteiger partial charge is 0.467 e. The van der Waals surface area contributed by atoms with Gasteiger partial charge in [0.05, 0.1) is 24.6 Å². The highest BCUT2D eigenvalue weighted by Crippen LogP contribution is 2.14. The van der Waals surface area contributed by atoms with E-state index in [1.807, 2.05) is 13.8 Å². The van der Waals surface area contributed by atoms with Gasteiger partial charge in [0, 0.05) is 12.4 Å². The molecule has 0 fully saturated rings. The zero-order valence-corrected chi connectivity index (χ0v) is 16.9. The van der Waals surface area contributed by atoms with Crippen LogP contribution in [-0.2, 0) is 37.3 Å². The molecule has 0 radical (unpaired) electrons. The summed E-state index contributed by atoms with van der Waals surface area (Å²) in [5, 5.41) is 7.66. The Labute approximate surface area is 168 Å². The van der Waals surface area contributed by atoms with Gasteiger partial charge in [0.1, 0.15) is 6.04 Å². The number of methoxy groups -OCH3 is 1. The van der Waals surface area contributed by atoms with Crippen molar-refractivity contribution in [2.24, 2.45) is 13.0 Å². The summed E-state index contributed by atoms with van der Waals surface area (Å²) < 4.78 is 10.9. The molecule has 0 saturated carbocycles. The number of benzene rings is 1. The number of hydrogen-bond donors (Lipinski definition) is 1. The van der Waals surface area contributed by atoms with Crippen LogP contribution < -0.4 is 10.9 Å². The molecule has 1 amide bonds. The molecule has 1 N–H and O–H groups in total. The predicted molar refractivity (Wildman–Crippen MR) is 105 cm³/mol. The summed E-state index contributed by atoms with van der Waals surface area (Å²) >= 11 is 0. The van der Waals surface area contributed by atoms with Gasteiger partial charge in [0.25, 0.3) is 11.5 Å². The minimum atomic E-state index is -0.814. The minimum Gasteiger partial charge on any atom is -0.467 e. The summed E-state index contributed by atoms with van der Waals surface area (Å²) in [7, 11) is 2.74. The van der Waals surface area contributed by atoms with E-state index in [0.29, 0.717) is 22.9 Å². The van der Waals surface area contributed by atoms with E-state index in [0.717, 1.165) is 4.68 Å². The molecule has 0 saturated heterocycles. The molecule has 0 spiro atoms. The number of aromatic nitrogens is 2. The van der Waals surface area contributed by atoms with E-state index >= 15 is 0 Å². The molecule has 1 heterocycles. The first-order valence-electron chi connectivity index (χ1n) is 9.26. The topological polar surface area (TPSA) is 117 Å². The van der Waals surface area contributed by atoms with Gasteiger partial charge in [-0.2, -0.15) is 5.10 Å². The Hall–Kier alpha value is -3.23. The molecule has 156 valence electrons. The third kappa shape index (κ3) is 5.40. The first-order chi connectivity index (χ1) is 13.8. The molecular formula is C20H25N3O6. The van der Waals surface area contributed by atoms with Crippen LogP contribution in [-0.4, -0.2) is 47.4 Å². The van der Waals surface area contributed by atoms with Crippen LogP contribution in [0.2, 0.25) is 0 Å². The lowest BCUT2D eigenvalue weighted by Gasteiger charge is -2.21.